The van der Waals surface area contributed by atoms with Crippen molar-refractivity contribution in [2.45, 2.75) is 26.3 Å². The van der Waals surface area contributed by atoms with Crippen molar-refractivity contribution in [2.75, 3.05) is 34.0 Å². The third kappa shape index (κ3) is 5.03. The molecule has 0 saturated carbocycles. The Labute approximate surface area is 176 Å². The molecular weight excluding hydrogens is 386 g/mol. The van der Waals surface area contributed by atoms with Gasteiger partial charge in [0.1, 0.15) is 5.75 Å². The van der Waals surface area contributed by atoms with E-state index < -0.39 is 5.97 Å². The molecule has 7 nitrogen and oxygen atoms in total. The lowest BCUT2D eigenvalue weighted by Gasteiger charge is -2.29. The summed E-state index contributed by atoms with van der Waals surface area (Å²) in [6.45, 7) is 3.35. The fourth-order valence-corrected chi connectivity index (χ4v) is 3.31. The molecule has 0 radical (unpaired) electrons. The minimum atomic E-state index is -0.533. The summed E-state index contributed by atoms with van der Waals surface area (Å²) in [5.74, 6) is 1.24. The topological polar surface area (TPSA) is 74.3 Å². The van der Waals surface area contributed by atoms with Crippen LogP contribution in [0.25, 0.3) is 0 Å². The number of hydrogen-bond donors (Lipinski definition) is 0. The van der Waals surface area contributed by atoms with Crippen molar-refractivity contribution in [2.24, 2.45) is 0 Å². The van der Waals surface area contributed by atoms with Gasteiger partial charge in [-0.05, 0) is 60.4 Å². The molecular formula is C23H27NO6. The molecule has 0 atom stereocenters. The summed E-state index contributed by atoms with van der Waals surface area (Å²) in [4.78, 5) is 26.5. The SMILES string of the molecule is CCCOc1ccc(C(=O)OCC(=O)N2CCc3cc(OC)c(OC)cc3C2)cc1. The number of carbonyl (C=O) groups is 2. The van der Waals surface area contributed by atoms with Crippen LogP contribution in [0.2, 0.25) is 0 Å². The molecule has 0 bridgehead atoms. The van der Waals surface area contributed by atoms with Crippen LogP contribution in [0, 0.1) is 0 Å². The summed E-state index contributed by atoms with van der Waals surface area (Å²) in [6.07, 6.45) is 1.61. The van der Waals surface area contributed by atoms with Gasteiger partial charge >= 0.3 is 5.97 Å². The zero-order valence-corrected chi connectivity index (χ0v) is 17.6. The first-order valence-corrected chi connectivity index (χ1v) is 9.97. The Balaban J connectivity index is 1.56. The highest BCUT2D eigenvalue weighted by Gasteiger charge is 2.23. The fourth-order valence-electron chi connectivity index (χ4n) is 3.31. The van der Waals surface area contributed by atoms with E-state index in [9.17, 15) is 9.59 Å². The van der Waals surface area contributed by atoms with Crippen LogP contribution in [0.5, 0.6) is 17.2 Å². The van der Waals surface area contributed by atoms with E-state index in [4.69, 9.17) is 18.9 Å². The number of carbonyl (C=O) groups excluding carboxylic acids is 2. The van der Waals surface area contributed by atoms with E-state index in [2.05, 4.69) is 0 Å². The molecule has 1 amide bonds. The zero-order chi connectivity index (χ0) is 21.5. The number of rotatable bonds is 8. The molecule has 0 spiro atoms. The van der Waals surface area contributed by atoms with Crippen molar-refractivity contribution in [3.8, 4) is 17.2 Å². The Bertz CT molecular complexity index is 893. The summed E-state index contributed by atoms with van der Waals surface area (Å²) in [6, 6.07) is 10.5. The van der Waals surface area contributed by atoms with Gasteiger partial charge in [0.2, 0.25) is 0 Å². The highest BCUT2D eigenvalue weighted by Crippen LogP contribution is 2.33. The Hall–Kier alpha value is -3.22. The zero-order valence-electron chi connectivity index (χ0n) is 17.6. The quantitative estimate of drug-likeness (QED) is 0.619. The lowest BCUT2D eigenvalue weighted by molar-refractivity contribution is -0.135. The highest BCUT2D eigenvalue weighted by atomic mass is 16.5. The molecule has 2 aromatic carbocycles. The lowest BCUT2D eigenvalue weighted by atomic mass is 9.99. The van der Waals surface area contributed by atoms with Crippen molar-refractivity contribution >= 4 is 11.9 Å². The third-order valence-corrected chi connectivity index (χ3v) is 4.96. The smallest absolute Gasteiger partial charge is 0.338 e. The van der Waals surface area contributed by atoms with Crippen molar-refractivity contribution in [3.05, 3.63) is 53.1 Å². The van der Waals surface area contributed by atoms with Crippen LogP contribution >= 0.6 is 0 Å². The third-order valence-electron chi connectivity index (χ3n) is 4.96. The number of methoxy groups -OCH3 is 2. The van der Waals surface area contributed by atoms with E-state index >= 15 is 0 Å². The van der Waals surface area contributed by atoms with E-state index in [-0.39, 0.29) is 12.5 Å². The number of amides is 1. The van der Waals surface area contributed by atoms with Gasteiger partial charge in [-0.3, -0.25) is 4.79 Å². The second-order valence-electron chi connectivity index (χ2n) is 6.99. The first-order chi connectivity index (χ1) is 14.5. The largest absolute Gasteiger partial charge is 0.494 e. The van der Waals surface area contributed by atoms with Crippen LogP contribution in [0.15, 0.2) is 36.4 Å². The Morgan fingerprint density at radius 3 is 2.30 bits per heavy atom. The first kappa shape index (κ1) is 21.5. The van der Waals surface area contributed by atoms with Crippen molar-refractivity contribution < 1.29 is 28.5 Å². The summed E-state index contributed by atoms with van der Waals surface area (Å²) >= 11 is 0. The molecule has 160 valence electrons. The second-order valence-corrected chi connectivity index (χ2v) is 6.99. The molecule has 0 unspecified atom stereocenters. The maximum absolute atomic E-state index is 12.6. The highest BCUT2D eigenvalue weighted by molar-refractivity contribution is 5.91. The van der Waals surface area contributed by atoms with Gasteiger partial charge in [-0.15, -0.1) is 0 Å². The predicted molar refractivity (Wildman–Crippen MR) is 111 cm³/mol. The Morgan fingerprint density at radius 1 is 1.00 bits per heavy atom. The van der Waals surface area contributed by atoms with Crippen molar-refractivity contribution in [1.82, 2.24) is 4.90 Å². The number of fused-ring (bicyclic) bond motifs is 1. The van der Waals surface area contributed by atoms with Gasteiger partial charge in [0.15, 0.2) is 18.1 Å². The monoisotopic (exact) mass is 413 g/mol. The minimum absolute atomic E-state index is 0.230. The molecule has 1 aliphatic heterocycles. The summed E-state index contributed by atoms with van der Waals surface area (Å²) < 4.78 is 21.4. The van der Waals surface area contributed by atoms with Crippen LogP contribution < -0.4 is 14.2 Å². The maximum atomic E-state index is 12.6. The molecule has 2 aromatic rings. The van der Waals surface area contributed by atoms with Gasteiger partial charge in [0.05, 0.1) is 26.4 Å². The Morgan fingerprint density at radius 2 is 1.67 bits per heavy atom. The second kappa shape index (κ2) is 10.0. The number of hydrogen-bond acceptors (Lipinski definition) is 6. The molecule has 0 N–H and O–H groups in total. The average Bonchev–Trinajstić information content (AvgIpc) is 2.79. The molecule has 0 saturated heterocycles. The van der Waals surface area contributed by atoms with Crippen LogP contribution in [0.4, 0.5) is 0 Å². The average molecular weight is 413 g/mol. The lowest BCUT2D eigenvalue weighted by Crippen LogP contribution is -2.38. The standard InChI is InChI=1S/C23H27NO6/c1-4-11-29-19-7-5-16(6-8-19)23(26)30-15-22(25)24-10-9-17-12-20(27-2)21(28-3)13-18(17)14-24/h5-8,12-13H,4,9-11,14-15H2,1-3H3. The van der Waals surface area contributed by atoms with E-state index in [1.54, 1.807) is 43.4 Å². The first-order valence-electron chi connectivity index (χ1n) is 9.97. The van der Waals surface area contributed by atoms with E-state index in [1.807, 2.05) is 19.1 Å². The number of esters is 1. The van der Waals surface area contributed by atoms with Gasteiger partial charge in [0.25, 0.3) is 5.91 Å². The van der Waals surface area contributed by atoms with Gasteiger partial charge < -0.3 is 23.8 Å². The number of nitrogens with zero attached hydrogens (tertiary/aromatic N) is 1. The van der Waals surface area contributed by atoms with E-state index in [1.165, 1.54) is 0 Å². The molecule has 0 fully saturated rings. The van der Waals surface area contributed by atoms with Crippen LogP contribution in [-0.4, -0.2) is 50.8 Å². The van der Waals surface area contributed by atoms with Gasteiger partial charge in [-0.2, -0.15) is 0 Å². The van der Waals surface area contributed by atoms with E-state index in [0.717, 1.165) is 17.5 Å². The van der Waals surface area contributed by atoms with Crippen molar-refractivity contribution in [3.63, 3.8) is 0 Å². The normalized spacial score (nSPS) is 12.7. The fraction of sp³-hybridized carbons (Fsp3) is 0.391. The molecule has 1 aliphatic rings. The summed E-state index contributed by atoms with van der Waals surface area (Å²) in [7, 11) is 3.18. The summed E-state index contributed by atoms with van der Waals surface area (Å²) in [5.41, 5.74) is 2.51. The number of benzene rings is 2. The minimum Gasteiger partial charge on any atom is -0.494 e. The molecule has 1 heterocycles. The molecule has 0 aromatic heterocycles. The van der Waals surface area contributed by atoms with Gasteiger partial charge in [0, 0.05) is 13.1 Å². The number of ether oxygens (including phenoxy) is 4. The Kier molecular flexibility index (Phi) is 7.17. The molecule has 30 heavy (non-hydrogen) atoms. The van der Waals surface area contributed by atoms with Crippen molar-refractivity contribution in [1.29, 1.82) is 0 Å². The van der Waals surface area contributed by atoms with Crippen LogP contribution in [-0.2, 0) is 22.5 Å². The van der Waals surface area contributed by atoms with Crippen LogP contribution in [0.1, 0.15) is 34.8 Å². The predicted octanol–water partition coefficient (Wildman–Crippen LogP) is 3.23. The van der Waals surface area contributed by atoms with Crippen LogP contribution in [0.3, 0.4) is 0 Å². The van der Waals surface area contributed by atoms with Gasteiger partial charge in [-0.25, -0.2) is 4.79 Å². The van der Waals surface area contributed by atoms with Gasteiger partial charge in [-0.1, -0.05) is 6.92 Å². The van der Waals surface area contributed by atoms with E-state index in [0.29, 0.717) is 48.9 Å². The summed E-state index contributed by atoms with van der Waals surface area (Å²) in [5, 5.41) is 0. The molecule has 0 aliphatic carbocycles. The molecule has 7 heteroatoms. The maximum Gasteiger partial charge on any atom is 0.338 e. The molecule has 3 rings (SSSR count).